The number of hydrogen-bond acceptors (Lipinski definition) is 7. The Morgan fingerprint density at radius 2 is 1.93 bits per heavy atom. The zero-order valence-corrected chi connectivity index (χ0v) is 17.0. The van der Waals surface area contributed by atoms with Crippen molar-refractivity contribution in [1.29, 1.82) is 0 Å². The van der Waals surface area contributed by atoms with Crippen molar-refractivity contribution in [3.05, 3.63) is 64.3 Å². The van der Waals surface area contributed by atoms with E-state index >= 15 is 0 Å². The topological polar surface area (TPSA) is 82.1 Å². The summed E-state index contributed by atoms with van der Waals surface area (Å²) in [5.74, 6) is -0.743. The average molecular weight is 431 g/mol. The van der Waals surface area contributed by atoms with Gasteiger partial charge in [0.05, 0.1) is 19.1 Å². The Bertz CT molecular complexity index is 1020. The number of nitrogens with zero attached hydrogens (tertiary/aromatic N) is 1. The second-order valence-electron chi connectivity index (χ2n) is 6.17. The van der Waals surface area contributed by atoms with E-state index in [-0.39, 0.29) is 17.3 Å². The fourth-order valence-corrected chi connectivity index (χ4v) is 3.50. The van der Waals surface area contributed by atoms with Crippen molar-refractivity contribution in [3.8, 4) is 11.5 Å². The fraction of sp³-hybridized carbons (Fsp3) is 0.190. The molecule has 1 aliphatic rings. The minimum Gasteiger partial charge on any atom is -0.493 e. The first-order valence-corrected chi connectivity index (χ1v) is 9.60. The van der Waals surface area contributed by atoms with E-state index in [4.69, 9.17) is 9.47 Å². The molecule has 0 bridgehead atoms. The molecule has 1 aliphatic heterocycles. The molecule has 0 radical (unpaired) electrons. The normalized spacial score (nSPS) is 14.9. The minimum absolute atomic E-state index is 0.153. The zero-order valence-electron chi connectivity index (χ0n) is 16.2. The highest BCUT2D eigenvalue weighted by molar-refractivity contribution is 8.18. The van der Waals surface area contributed by atoms with Crippen LogP contribution < -0.4 is 9.47 Å². The van der Waals surface area contributed by atoms with Crippen LogP contribution in [0, 0.1) is 5.82 Å². The van der Waals surface area contributed by atoms with E-state index in [2.05, 4.69) is 4.74 Å². The van der Waals surface area contributed by atoms with Crippen LogP contribution in [-0.4, -0.2) is 42.8 Å². The molecule has 0 N–H and O–H groups in total. The molecule has 0 aromatic heterocycles. The molecule has 2 aromatic rings. The summed E-state index contributed by atoms with van der Waals surface area (Å²) in [5, 5.41) is -0.543. The number of benzene rings is 2. The molecule has 7 nitrogen and oxygen atoms in total. The van der Waals surface area contributed by atoms with Gasteiger partial charge in [-0.05, 0) is 53.2 Å². The summed E-state index contributed by atoms with van der Waals surface area (Å²) in [5.41, 5.74) is 1.27. The molecule has 0 atom stereocenters. The predicted octanol–water partition coefficient (Wildman–Crippen LogP) is 3.62. The first kappa shape index (κ1) is 21.4. The van der Waals surface area contributed by atoms with Gasteiger partial charge in [-0.25, -0.2) is 4.39 Å². The zero-order chi connectivity index (χ0) is 21.7. The summed E-state index contributed by atoms with van der Waals surface area (Å²) in [6, 6.07) is 11.1. The van der Waals surface area contributed by atoms with Crippen molar-refractivity contribution in [2.45, 2.75) is 6.61 Å². The van der Waals surface area contributed by atoms with Gasteiger partial charge in [0.15, 0.2) is 11.5 Å². The number of esters is 1. The van der Waals surface area contributed by atoms with Crippen LogP contribution >= 0.6 is 11.8 Å². The number of imide groups is 1. The van der Waals surface area contributed by atoms with Crippen LogP contribution in [-0.2, 0) is 20.9 Å². The summed E-state index contributed by atoms with van der Waals surface area (Å²) in [4.78, 5) is 36.8. The van der Waals surface area contributed by atoms with E-state index in [0.717, 1.165) is 16.7 Å². The Morgan fingerprint density at radius 3 is 2.63 bits per heavy atom. The Kier molecular flexibility index (Phi) is 6.73. The predicted molar refractivity (Wildman–Crippen MR) is 108 cm³/mol. The molecular formula is C21H18FNO6S. The molecule has 2 amide bonds. The molecular weight excluding hydrogens is 413 g/mol. The first-order chi connectivity index (χ1) is 14.4. The van der Waals surface area contributed by atoms with Gasteiger partial charge in [-0.2, -0.15) is 0 Å². The van der Waals surface area contributed by atoms with Crippen molar-refractivity contribution >= 4 is 35.0 Å². The van der Waals surface area contributed by atoms with E-state index in [1.807, 2.05) is 0 Å². The molecule has 1 saturated heterocycles. The van der Waals surface area contributed by atoms with Crippen LogP contribution in [0.25, 0.3) is 6.08 Å². The highest BCUT2D eigenvalue weighted by Gasteiger charge is 2.36. The molecule has 0 spiro atoms. The van der Waals surface area contributed by atoms with Gasteiger partial charge in [0.2, 0.25) is 0 Å². The molecule has 1 fully saturated rings. The Hall–Kier alpha value is -3.33. The number of carbonyl (C=O) groups is 3. The second kappa shape index (κ2) is 9.45. The summed E-state index contributed by atoms with van der Waals surface area (Å²) < 4.78 is 28.8. The van der Waals surface area contributed by atoms with Crippen molar-refractivity contribution in [1.82, 2.24) is 4.90 Å². The highest BCUT2D eigenvalue weighted by Crippen LogP contribution is 2.34. The lowest BCUT2D eigenvalue weighted by molar-refractivity contribution is -0.143. The number of ether oxygens (including phenoxy) is 3. The van der Waals surface area contributed by atoms with Gasteiger partial charge in [-0.1, -0.05) is 18.2 Å². The number of halogens is 1. The number of thioether (sulfide) groups is 1. The maximum atomic E-state index is 13.3. The van der Waals surface area contributed by atoms with Crippen LogP contribution in [0.2, 0.25) is 0 Å². The largest absolute Gasteiger partial charge is 0.493 e. The molecule has 2 aromatic carbocycles. The molecule has 156 valence electrons. The average Bonchev–Trinajstić information content (AvgIpc) is 2.99. The lowest BCUT2D eigenvalue weighted by atomic mass is 10.1. The van der Waals surface area contributed by atoms with Gasteiger partial charge < -0.3 is 14.2 Å². The third-order valence-corrected chi connectivity index (χ3v) is 5.06. The van der Waals surface area contributed by atoms with E-state index in [1.165, 1.54) is 32.4 Å². The van der Waals surface area contributed by atoms with Gasteiger partial charge in [-0.15, -0.1) is 0 Å². The third-order valence-electron chi connectivity index (χ3n) is 4.16. The van der Waals surface area contributed by atoms with E-state index < -0.39 is 23.7 Å². The van der Waals surface area contributed by atoms with Gasteiger partial charge >= 0.3 is 5.97 Å². The molecule has 9 heteroatoms. The molecule has 0 unspecified atom stereocenters. The number of hydrogen-bond donors (Lipinski definition) is 0. The van der Waals surface area contributed by atoms with Crippen LogP contribution in [0.1, 0.15) is 11.1 Å². The van der Waals surface area contributed by atoms with E-state index in [9.17, 15) is 18.8 Å². The van der Waals surface area contributed by atoms with E-state index in [0.29, 0.717) is 22.6 Å². The maximum absolute atomic E-state index is 13.3. The number of methoxy groups -OCH3 is 2. The number of amides is 2. The summed E-state index contributed by atoms with van der Waals surface area (Å²) >= 11 is 0.739. The fourth-order valence-electron chi connectivity index (χ4n) is 2.66. The van der Waals surface area contributed by atoms with Gasteiger partial charge in [0, 0.05) is 0 Å². The Balaban J connectivity index is 1.75. The Morgan fingerprint density at radius 1 is 1.13 bits per heavy atom. The van der Waals surface area contributed by atoms with Crippen LogP contribution in [0.5, 0.6) is 11.5 Å². The highest BCUT2D eigenvalue weighted by atomic mass is 32.2. The quantitative estimate of drug-likeness (QED) is 0.489. The summed E-state index contributed by atoms with van der Waals surface area (Å²) in [6.45, 7) is -0.283. The third kappa shape index (κ3) is 4.98. The minimum atomic E-state index is -0.681. The Labute approximate surface area is 176 Å². The second-order valence-corrected chi connectivity index (χ2v) is 7.17. The summed E-state index contributed by atoms with van der Waals surface area (Å²) in [6.07, 6.45) is 1.53. The van der Waals surface area contributed by atoms with Gasteiger partial charge in [-0.3, -0.25) is 19.3 Å². The molecule has 0 saturated carbocycles. The molecule has 3 rings (SSSR count). The first-order valence-electron chi connectivity index (χ1n) is 8.78. The summed E-state index contributed by atoms with van der Waals surface area (Å²) in [7, 11) is 2.65. The standard InChI is InChI=1S/C21H18FNO6S/c1-27-17-9-13(6-7-16(17)29-12-14-4-3-5-15(22)8-14)10-18-20(25)23(21(26)30-18)11-19(24)28-2/h3-10H,11-12H2,1-2H3/b18-10-. The lowest BCUT2D eigenvalue weighted by Gasteiger charge is -2.12. The number of rotatable bonds is 7. The maximum Gasteiger partial charge on any atom is 0.325 e. The van der Waals surface area contributed by atoms with Gasteiger partial charge in [0.25, 0.3) is 11.1 Å². The van der Waals surface area contributed by atoms with Gasteiger partial charge in [0.1, 0.15) is 19.0 Å². The lowest BCUT2D eigenvalue weighted by Crippen LogP contribution is -2.34. The van der Waals surface area contributed by atoms with Crippen molar-refractivity contribution in [2.75, 3.05) is 20.8 Å². The molecule has 0 aliphatic carbocycles. The van der Waals surface area contributed by atoms with Crippen LogP contribution in [0.3, 0.4) is 0 Å². The van der Waals surface area contributed by atoms with Crippen LogP contribution in [0.15, 0.2) is 47.4 Å². The molecule has 1 heterocycles. The van der Waals surface area contributed by atoms with Crippen molar-refractivity contribution in [2.24, 2.45) is 0 Å². The van der Waals surface area contributed by atoms with Crippen molar-refractivity contribution in [3.63, 3.8) is 0 Å². The SMILES string of the molecule is COC(=O)CN1C(=O)S/C(=C\c2ccc(OCc3cccc(F)c3)c(OC)c2)C1=O. The van der Waals surface area contributed by atoms with E-state index in [1.54, 1.807) is 30.3 Å². The van der Waals surface area contributed by atoms with Crippen molar-refractivity contribution < 1.29 is 33.0 Å². The number of carbonyl (C=O) groups excluding carboxylic acids is 3. The monoisotopic (exact) mass is 431 g/mol. The van der Waals surface area contributed by atoms with Crippen LogP contribution in [0.4, 0.5) is 9.18 Å². The smallest absolute Gasteiger partial charge is 0.325 e. The molecule has 30 heavy (non-hydrogen) atoms.